The molecule has 6 heteroatoms. The monoisotopic (exact) mass is 639 g/mol. The number of fused-ring (bicyclic) bond motifs is 2. The van der Waals surface area contributed by atoms with Crippen molar-refractivity contribution in [3.8, 4) is 0 Å². The molecule has 5 aliphatic carbocycles. The third-order valence-corrected chi connectivity index (χ3v) is 15.1. The fourth-order valence-corrected chi connectivity index (χ4v) is 13.0. The van der Waals surface area contributed by atoms with E-state index in [-0.39, 0.29) is 30.0 Å². The van der Waals surface area contributed by atoms with Crippen molar-refractivity contribution in [3.63, 3.8) is 0 Å². The molecule has 0 amide bonds. The molecule has 10 atom stereocenters. The number of rotatable bonds is 15. The normalized spacial score (nSPS) is 41.9. The summed E-state index contributed by atoms with van der Waals surface area (Å²) in [5, 5.41) is 11.6. The van der Waals surface area contributed by atoms with Crippen molar-refractivity contribution >= 4 is 12.3 Å². The van der Waals surface area contributed by atoms with Gasteiger partial charge in [0.1, 0.15) is 11.7 Å². The van der Waals surface area contributed by atoms with Gasteiger partial charge in [-0.1, -0.05) is 91.7 Å². The molecule has 1 heterocycles. The molecule has 7 unspecified atom stereocenters. The van der Waals surface area contributed by atoms with Crippen LogP contribution in [0, 0.1) is 57.7 Å². The van der Waals surface area contributed by atoms with Gasteiger partial charge in [-0.25, -0.2) is 0 Å². The predicted octanol–water partition coefficient (Wildman–Crippen LogP) is 7.71. The average Bonchev–Trinajstić information content (AvgIpc) is 3.78. The molecule has 0 aromatic rings. The van der Waals surface area contributed by atoms with E-state index in [0.29, 0.717) is 30.1 Å². The van der Waals surface area contributed by atoms with Crippen LogP contribution in [0.1, 0.15) is 119 Å². The third-order valence-electron chi connectivity index (χ3n) is 15.1. The molecular weight excluding hydrogens is 572 g/mol. The van der Waals surface area contributed by atoms with Crippen LogP contribution in [0.5, 0.6) is 0 Å². The number of aldehydes is 1. The van der Waals surface area contributed by atoms with Crippen molar-refractivity contribution in [2.45, 2.75) is 131 Å². The molecule has 6 nitrogen and oxygen atoms in total. The quantitative estimate of drug-likeness (QED) is 0.113. The first-order chi connectivity index (χ1) is 22.1. The van der Waals surface area contributed by atoms with E-state index in [0.717, 1.165) is 64.0 Å². The SMILES string of the molecule is CCN(CC)CCCCN(CC)CC1OC(C23C[C@@H]4[C@H](C)CC[C@H]4C4(C=O)CC2C=C(C(C)C)C34C(=O)O)CC1C1CCCCC1. The van der Waals surface area contributed by atoms with E-state index in [1.807, 2.05) is 0 Å². The highest BCUT2D eigenvalue weighted by molar-refractivity contribution is 5.90. The molecule has 1 aliphatic heterocycles. The molecule has 0 aromatic carbocycles. The molecule has 1 saturated heterocycles. The van der Waals surface area contributed by atoms with Crippen molar-refractivity contribution in [3.05, 3.63) is 11.6 Å². The van der Waals surface area contributed by atoms with Gasteiger partial charge in [-0.05, 0) is 113 Å². The Morgan fingerprint density at radius 1 is 0.978 bits per heavy atom. The van der Waals surface area contributed by atoms with Gasteiger partial charge in [0.2, 0.25) is 0 Å². The highest BCUT2D eigenvalue weighted by atomic mass is 16.5. The third kappa shape index (κ3) is 5.03. The number of carbonyl (C=O) groups excluding carboxylic acids is 1. The van der Waals surface area contributed by atoms with Crippen molar-refractivity contribution in [2.24, 2.45) is 57.7 Å². The highest BCUT2D eigenvalue weighted by Gasteiger charge is 2.86. The Labute approximate surface area is 280 Å². The summed E-state index contributed by atoms with van der Waals surface area (Å²) in [6.45, 7) is 20.0. The number of hydrogen-bond acceptors (Lipinski definition) is 5. The van der Waals surface area contributed by atoms with Crippen molar-refractivity contribution < 1.29 is 19.4 Å². The maximum absolute atomic E-state index is 14.2. The molecule has 260 valence electrons. The molecule has 4 saturated carbocycles. The van der Waals surface area contributed by atoms with Gasteiger partial charge in [0.05, 0.1) is 17.6 Å². The standard InChI is InChI=1S/C40H66N2O4/c1-7-41(8-2)19-13-14-20-42(9-3)25-35-31(29-15-11-10-12-16-29)22-36(46-35)39-24-32-28(6)17-18-33(32)38(26-43)23-30(39)21-34(27(4)5)40(38,39)37(44)45/h21,26-33,35-36H,7-20,22-25H2,1-6H3,(H,44,45)/t28-,30?,31?,32-,33-,35?,36?,38?,39?,40?/m1/s1. The lowest BCUT2D eigenvalue weighted by atomic mass is 9.41. The molecule has 0 radical (unpaired) electrons. The number of carboxylic acid groups (broad SMARTS) is 1. The molecule has 1 N–H and O–H groups in total. The number of nitrogens with zero attached hydrogens (tertiary/aromatic N) is 2. The summed E-state index contributed by atoms with van der Waals surface area (Å²) in [6, 6.07) is 0. The van der Waals surface area contributed by atoms with Gasteiger partial charge in [0, 0.05) is 12.0 Å². The summed E-state index contributed by atoms with van der Waals surface area (Å²) in [7, 11) is 0. The minimum Gasteiger partial charge on any atom is -0.481 e. The van der Waals surface area contributed by atoms with Crippen LogP contribution in [-0.4, -0.2) is 78.6 Å². The summed E-state index contributed by atoms with van der Waals surface area (Å²) >= 11 is 0. The van der Waals surface area contributed by atoms with Gasteiger partial charge in [-0.3, -0.25) is 4.79 Å². The Hall–Kier alpha value is -1.24. The number of likely N-dealkylation sites (N-methyl/N-ethyl adjacent to an activating group) is 1. The van der Waals surface area contributed by atoms with Crippen molar-refractivity contribution in [2.75, 3.05) is 39.3 Å². The van der Waals surface area contributed by atoms with Gasteiger partial charge in [0.15, 0.2) is 0 Å². The molecule has 6 aliphatic rings. The number of ether oxygens (including phenoxy) is 1. The smallest absolute Gasteiger partial charge is 0.315 e. The molecule has 46 heavy (non-hydrogen) atoms. The number of aliphatic carboxylic acids is 1. The minimum atomic E-state index is -1.14. The Bertz CT molecular complexity index is 1130. The van der Waals surface area contributed by atoms with Crippen LogP contribution < -0.4 is 0 Å². The molecule has 4 bridgehead atoms. The van der Waals surface area contributed by atoms with E-state index in [9.17, 15) is 14.7 Å². The van der Waals surface area contributed by atoms with Crippen LogP contribution in [0.3, 0.4) is 0 Å². The number of unbranched alkanes of at least 4 members (excludes halogenated alkanes) is 1. The number of carbonyl (C=O) groups is 2. The maximum atomic E-state index is 14.2. The van der Waals surface area contributed by atoms with Crippen molar-refractivity contribution in [1.82, 2.24) is 9.80 Å². The van der Waals surface area contributed by atoms with E-state index < -0.39 is 22.2 Å². The number of allylic oxidation sites excluding steroid dienone is 1. The number of hydrogen-bond donors (Lipinski definition) is 1. The molecule has 0 aromatic heterocycles. The second-order valence-corrected chi connectivity index (χ2v) is 17.0. The van der Waals surface area contributed by atoms with Crippen LogP contribution in [0.4, 0.5) is 0 Å². The van der Waals surface area contributed by atoms with Crippen LogP contribution in [0.15, 0.2) is 11.6 Å². The Kier molecular flexibility index (Phi) is 10.2. The number of carboxylic acids is 1. The summed E-state index contributed by atoms with van der Waals surface area (Å²) in [6.07, 6.45) is 17.2. The van der Waals surface area contributed by atoms with Crippen LogP contribution in [0.2, 0.25) is 0 Å². The fraction of sp³-hybridized carbons (Fsp3) is 0.900. The zero-order valence-electron chi connectivity index (χ0n) is 30.1. The van der Waals surface area contributed by atoms with Gasteiger partial charge >= 0.3 is 5.97 Å². The van der Waals surface area contributed by atoms with E-state index in [2.05, 4.69) is 57.4 Å². The van der Waals surface area contributed by atoms with Crippen LogP contribution in [-0.2, 0) is 14.3 Å². The topological polar surface area (TPSA) is 70.1 Å². The summed E-state index contributed by atoms with van der Waals surface area (Å²) in [5.41, 5.74) is -1.43. The Morgan fingerprint density at radius 2 is 1.65 bits per heavy atom. The first-order valence-corrected chi connectivity index (χ1v) is 19.7. The van der Waals surface area contributed by atoms with Crippen molar-refractivity contribution in [1.29, 1.82) is 0 Å². The molecule has 5 fully saturated rings. The van der Waals surface area contributed by atoms with Gasteiger partial charge in [0.25, 0.3) is 0 Å². The van der Waals surface area contributed by atoms with E-state index in [4.69, 9.17) is 4.74 Å². The summed E-state index contributed by atoms with van der Waals surface area (Å²) in [5.74, 6) is 1.75. The fourth-order valence-electron chi connectivity index (χ4n) is 13.0. The first-order valence-electron chi connectivity index (χ1n) is 19.7. The van der Waals surface area contributed by atoms with Gasteiger partial charge in [-0.15, -0.1) is 0 Å². The average molecular weight is 639 g/mol. The lowest BCUT2D eigenvalue weighted by Crippen LogP contribution is -2.65. The van der Waals surface area contributed by atoms with Crippen LogP contribution in [0.25, 0.3) is 0 Å². The van der Waals surface area contributed by atoms with E-state index in [1.54, 1.807) is 0 Å². The Balaban J connectivity index is 1.34. The largest absolute Gasteiger partial charge is 0.481 e. The molecule has 0 spiro atoms. The highest BCUT2D eigenvalue weighted by Crippen LogP contribution is 2.84. The molecule has 6 rings (SSSR count). The van der Waals surface area contributed by atoms with E-state index in [1.165, 1.54) is 57.8 Å². The predicted molar refractivity (Wildman–Crippen MR) is 185 cm³/mol. The lowest BCUT2D eigenvalue weighted by Gasteiger charge is -2.60. The lowest BCUT2D eigenvalue weighted by molar-refractivity contribution is -0.197. The minimum absolute atomic E-state index is 0.102. The molecular formula is C40H66N2O4. The zero-order valence-corrected chi connectivity index (χ0v) is 30.1. The second kappa shape index (κ2) is 13.6. The summed E-state index contributed by atoms with van der Waals surface area (Å²) in [4.78, 5) is 33.0. The van der Waals surface area contributed by atoms with Gasteiger partial charge in [-0.2, -0.15) is 0 Å². The Morgan fingerprint density at radius 3 is 2.26 bits per heavy atom. The zero-order chi connectivity index (χ0) is 32.9. The van der Waals surface area contributed by atoms with Gasteiger partial charge < -0.3 is 24.4 Å². The maximum Gasteiger partial charge on any atom is 0.315 e. The van der Waals surface area contributed by atoms with Crippen LogP contribution >= 0.6 is 0 Å². The first kappa shape index (κ1) is 34.6. The second-order valence-electron chi connectivity index (χ2n) is 17.0. The summed E-state index contributed by atoms with van der Waals surface area (Å²) < 4.78 is 7.49. The van der Waals surface area contributed by atoms with E-state index >= 15 is 0 Å².